The molecule has 0 heterocycles. The predicted molar refractivity (Wildman–Crippen MR) is 75.4 cm³/mol. The highest BCUT2D eigenvalue weighted by atomic mass is 35.5. The number of hydrogen-bond acceptors (Lipinski definition) is 3. The SMILES string of the molecule is Nc1ccc(S(=O)(=O)NC(C2CC2)C2CC2)c(Cl)c1. The number of rotatable bonds is 5. The monoisotopic (exact) mass is 300 g/mol. The topological polar surface area (TPSA) is 72.2 Å². The number of hydrogen-bond donors (Lipinski definition) is 2. The fourth-order valence-electron chi connectivity index (χ4n) is 2.47. The van der Waals surface area contributed by atoms with Gasteiger partial charge in [-0.1, -0.05) is 11.6 Å². The molecule has 3 rings (SSSR count). The molecule has 0 unspecified atom stereocenters. The van der Waals surface area contributed by atoms with Crippen molar-refractivity contribution < 1.29 is 8.42 Å². The van der Waals surface area contributed by atoms with Crippen molar-refractivity contribution in [1.82, 2.24) is 4.72 Å². The van der Waals surface area contributed by atoms with Crippen LogP contribution in [0.4, 0.5) is 5.69 Å². The minimum Gasteiger partial charge on any atom is -0.399 e. The molecule has 1 aromatic rings. The van der Waals surface area contributed by atoms with Crippen molar-refractivity contribution in [3.05, 3.63) is 23.2 Å². The molecule has 104 valence electrons. The molecule has 0 amide bonds. The third-order valence-electron chi connectivity index (χ3n) is 3.80. The summed E-state index contributed by atoms with van der Waals surface area (Å²) < 4.78 is 27.6. The van der Waals surface area contributed by atoms with E-state index < -0.39 is 10.0 Å². The van der Waals surface area contributed by atoms with Crippen LogP contribution in [0.15, 0.2) is 23.1 Å². The van der Waals surface area contributed by atoms with Gasteiger partial charge in [-0.05, 0) is 55.7 Å². The summed E-state index contributed by atoms with van der Waals surface area (Å²) in [5.41, 5.74) is 6.05. The van der Waals surface area contributed by atoms with Crippen LogP contribution in [-0.2, 0) is 10.0 Å². The van der Waals surface area contributed by atoms with E-state index in [1.165, 1.54) is 12.1 Å². The van der Waals surface area contributed by atoms with Gasteiger partial charge in [-0.15, -0.1) is 0 Å². The number of anilines is 1. The minimum absolute atomic E-state index is 0.0821. The smallest absolute Gasteiger partial charge is 0.242 e. The van der Waals surface area contributed by atoms with Crippen LogP contribution in [0.1, 0.15) is 25.7 Å². The third kappa shape index (κ3) is 2.88. The molecule has 0 bridgehead atoms. The van der Waals surface area contributed by atoms with Gasteiger partial charge in [0.05, 0.1) is 5.02 Å². The highest BCUT2D eigenvalue weighted by Crippen LogP contribution is 2.45. The van der Waals surface area contributed by atoms with Gasteiger partial charge >= 0.3 is 0 Å². The standard InChI is InChI=1S/C13H17ClN2O2S/c14-11-7-10(15)5-6-12(11)19(17,18)16-13(8-1-2-8)9-3-4-9/h5-9,13,16H,1-4,15H2. The second-order valence-electron chi connectivity index (χ2n) is 5.51. The Morgan fingerprint density at radius 1 is 1.21 bits per heavy atom. The molecule has 3 N–H and O–H groups in total. The highest BCUT2D eigenvalue weighted by Gasteiger charge is 2.43. The van der Waals surface area contributed by atoms with Crippen molar-refractivity contribution in [2.24, 2.45) is 11.8 Å². The molecular formula is C13H17ClN2O2S. The normalized spacial score (nSPS) is 19.9. The number of nitrogens with two attached hydrogens (primary N) is 1. The largest absolute Gasteiger partial charge is 0.399 e. The first-order chi connectivity index (χ1) is 8.97. The third-order valence-corrected chi connectivity index (χ3v) is 5.74. The zero-order valence-electron chi connectivity index (χ0n) is 10.5. The summed E-state index contributed by atoms with van der Waals surface area (Å²) in [5.74, 6) is 1.02. The molecule has 2 fully saturated rings. The fourth-order valence-corrected chi connectivity index (χ4v) is 4.39. The summed E-state index contributed by atoms with van der Waals surface area (Å²) in [5, 5.41) is 0.179. The average molecular weight is 301 g/mol. The van der Waals surface area contributed by atoms with Crippen LogP contribution < -0.4 is 10.5 Å². The maximum absolute atomic E-state index is 12.4. The Hall–Kier alpha value is -0.780. The summed E-state index contributed by atoms with van der Waals surface area (Å²) in [6, 6.07) is 4.58. The number of sulfonamides is 1. The van der Waals surface area contributed by atoms with Gasteiger partial charge in [-0.3, -0.25) is 0 Å². The van der Waals surface area contributed by atoms with Crippen LogP contribution in [0.3, 0.4) is 0 Å². The number of halogens is 1. The molecule has 2 saturated carbocycles. The van der Waals surface area contributed by atoms with E-state index in [-0.39, 0.29) is 16.0 Å². The Labute approximate surface area is 118 Å². The van der Waals surface area contributed by atoms with Gasteiger partial charge < -0.3 is 5.73 Å². The second-order valence-corrected chi connectivity index (χ2v) is 7.60. The fraction of sp³-hybridized carbons (Fsp3) is 0.538. The van der Waals surface area contributed by atoms with Crippen LogP contribution in [-0.4, -0.2) is 14.5 Å². The Balaban J connectivity index is 1.85. The Morgan fingerprint density at radius 2 is 1.79 bits per heavy atom. The molecule has 0 atom stereocenters. The van der Waals surface area contributed by atoms with Gasteiger partial charge in [0.25, 0.3) is 0 Å². The summed E-state index contributed by atoms with van der Waals surface area (Å²) in [6.45, 7) is 0. The van der Waals surface area contributed by atoms with Crippen molar-refractivity contribution in [1.29, 1.82) is 0 Å². The van der Waals surface area contributed by atoms with Crippen LogP contribution in [0.25, 0.3) is 0 Å². The first-order valence-corrected chi connectivity index (χ1v) is 8.41. The lowest BCUT2D eigenvalue weighted by atomic mass is 10.1. The molecule has 19 heavy (non-hydrogen) atoms. The number of benzene rings is 1. The lowest BCUT2D eigenvalue weighted by molar-refractivity contribution is 0.471. The van der Waals surface area contributed by atoms with E-state index >= 15 is 0 Å². The highest BCUT2D eigenvalue weighted by molar-refractivity contribution is 7.89. The molecule has 0 radical (unpaired) electrons. The molecule has 0 aromatic heterocycles. The summed E-state index contributed by atoms with van der Waals surface area (Å²) in [4.78, 5) is 0.120. The molecule has 2 aliphatic rings. The van der Waals surface area contributed by atoms with E-state index in [9.17, 15) is 8.42 Å². The molecule has 2 aliphatic carbocycles. The summed E-state index contributed by atoms with van der Waals surface area (Å²) in [6.07, 6.45) is 4.50. The quantitative estimate of drug-likeness (QED) is 0.820. The van der Waals surface area contributed by atoms with Crippen molar-refractivity contribution in [3.8, 4) is 0 Å². The van der Waals surface area contributed by atoms with Crippen molar-refractivity contribution in [2.75, 3.05) is 5.73 Å². The summed E-state index contributed by atoms with van der Waals surface area (Å²) in [7, 11) is -3.55. The average Bonchev–Trinajstić information content (AvgIpc) is 3.18. The minimum atomic E-state index is -3.55. The lowest BCUT2D eigenvalue weighted by Gasteiger charge is -2.18. The van der Waals surface area contributed by atoms with Gasteiger partial charge in [-0.25, -0.2) is 13.1 Å². The molecule has 4 nitrogen and oxygen atoms in total. The number of nitrogens with one attached hydrogen (secondary N) is 1. The van der Waals surface area contributed by atoms with Crippen molar-refractivity contribution >= 4 is 27.3 Å². The van der Waals surface area contributed by atoms with Crippen molar-refractivity contribution in [2.45, 2.75) is 36.6 Å². The van der Waals surface area contributed by atoms with Gasteiger partial charge in [0.1, 0.15) is 4.90 Å². The Bertz CT molecular complexity index is 583. The van der Waals surface area contributed by atoms with E-state index in [0.717, 1.165) is 25.7 Å². The maximum Gasteiger partial charge on any atom is 0.242 e. The Kier molecular flexibility index (Phi) is 3.23. The molecule has 0 aliphatic heterocycles. The van der Waals surface area contributed by atoms with Gasteiger partial charge in [0.2, 0.25) is 10.0 Å². The summed E-state index contributed by atoms with van der Waals surface area (Å²) >= 11 is 5.99. The maximum atomic E-state index is 12.4. The van der Waals surface area contributed by atoms with E-state index in [1.807, 2.05) is 0 Å². The van der Waals surface area contributed by atoms with Crippen LogP contribution >= 0.6 is 11.6 Å². The van der Waals surface area contributed by atoms with Crippen LogP contribution in [0.5, 0.6) is 0 Å². The predicted octanol–water partition coefficient (Wildman–Crippen LogP) is 2.39. The van der Waals surface area contributed by atoms with Gasteiger partial charge in [0.15, 0.2) is 0 Å². The first kappa shape index (κ1) is 13.2. The van der Waals surface area contributed by atoms with Crippen molar-refractivity contribution in [3.63, 3.8) is 0 Å². The van der Waals surface area contributed by atoms with E-state index in [4.69, 9.17) is 17.3 Å². The van der Waals surface area contributed by atoms with E-state index in [1.54, 1.807) is 6.07 Å². The zero-order chi connectivity index (χ0) is 13.6. The molecule has 0 saturated heterocycles. The van der Waals surface area contributed by atoms with Crippen LogP contribution in [0.2, 0.25) is 5.02 Å². The van der Waals surface area contributed by atoms with Gasteiger partial charge in [-0.2, -0.15) is 0 Å². The molecule has 0 spiro atoms. The lowest BCUT2D eigenvalue weighted by Crippen LogP contribution is -2.38. The Morgan fingerprint density at radius 3 is 2.26 bits per heavy atom. The first-order valence-electron chi connectivity index (χ1n) is 6.55. The van der Waals surface area contributed by atoms with E-state index in [2.05, 4.69) is 4.72 Å². The second kappa shape index (κ2) is 4.65. The molecule has 1 aromatic carbocycles. The number of nitrogen functional groups attached to an aromatic ring is 1. The molecular weight excluding hydrogens is 284 g/mol. The van der Waals surface area contributed by atoms with Crippen LogP contribution in [0, 0.1) is 11.8 Å². The molecule has 6 heteroatoms. The van der Waals surface area contributed by atoms with Gasteiger partial charge in [0, 0.05) is 11.7 Å². The van der Waals surface area contributed by atoms with E-state index in [0.29, 0.717) is 17.5 Å². The zero-order valence-corrected chi connectivity index (χ0v) is 12.0.